The number of amides is 2. The van der Waals surface area contributed by atoms with Crippen molar-refractivity contribution in [3.05, 3.63) is 24.2 Å². The van der Waals surface area contributed by atoms with Gasteiger partial charge >= 0.3 is 0 Å². The van der Waals surface area contributed by atoms with Crippen LogP contribution in [0, 0.1) is 0 Å². The van der Waals surface area contributed by atoms with Gasteiger partial charge in [-0.15, -0.1) is 0 Å². The molecule has 0 unspecified atom stereocenters. The number of morpholine rings is 1. The number of carbonyl (C=O) groups is 2. The van der Waals surface area contributed by atoms with Crippen molar-refractivity contribution < 1.29 is 18.7 Å². The Kier molecular flexibility index (Phi) is 6.43. The average Bonchev–Trinajstić information content (AvgIpc) is 3.15. The summed E-state index contributed by atoms with van der Waals surface area (Å²) in [6.07, 6.45) is 1.59. The van der Waals surface area contributed by atoms with Gasteiger partial charge < -0.3 is 19.4 Å². The first-order chi connectivity index (χ1) is 12.2. The van der Waals surface area contributed by atoms with E-state index in [0.29, 0.717) is 45.9 Å². The molecule has 0 aliphatic carbocycles. The highest BCUT2D eigenvalue weighted by atomic mass is 16.5. The molecule has 1 aromatic rings. The maximum Gasteiger partial charge on any atom is 0.236 e. The van der Waals surface area contributed by atoms with Gasteiger partial charge in [0, 0.05) is 39.3 Å². The molecule has 0 radical (unpaired) electrons. The number of rotatable bonds is 6. The van der Waals surface area contributed by atoms with Crippen LogP contribution in [0.25, 0.3) is 0 Å². The molecular weight excluding hydrogens is 324 g/mol. The molecule has 0 saturated carbocycles. The monoisotopic (exact) mass is 350 g/mol. The molecule has 1 aromatic heterocycles. The van der Waals surface area contributed by atoms with Crippen LogP contribution in [0.5, 0.6) is 0 Å². The van der Waals surface area contributed by atoms with Crippen molar-refractivity contribution in [3.63, 3.8) is 0 Å². The Morgan fingerprint density at radius 3 is 2.40 bits per heavy atom. The van der Waals surface area contributed by atoms with Gasteiger partial charge in [0.1, 0.15) is 5.76 Å². The zero-order chi connectivity index (χ0) is 17.5. The summed E-state index contributed by atoms with van der Waals surface area (Å²) in [6.45, 7) is 7.07. The van der Waals surface area contributed by atoms with Crippen molar-refractivity contribution in [1.82, 2.24) is 20.0 Å². The third-order valence-electron chi connectivity index (χ3n) is 4.59. The fourth-order valence-electron chi connectivity index (χ4n) is 3.06. The van der Waals surface area contributed by atoms with Crippen molar-refractivity contribution in [1.29, 1.82) is 0 Å². The van der Waals surface area contributed by atoms with E-state index >= 15 is 0 Å². The largest absolute Gasteiger partial charge is 0.467 e. The molecule has 1 N–H and O–H groups in total. The number of nitrogens with one attached hydrogen (secondary N) is 1. The van der Waals surface area contributed by atoms with E-state index in [4.69, 9.17) is 9.15 Å². The summed E-state index contributed by atoms with van der Waals surface area (Å²) in [7, 11) is 0. The molecule has 2 amide bonds. The van der Waals surface area contributed by atoms with Crippen LogP contribution in [0.1, 0.15) is 5.76 Å². The van der Waals surface area contributed by atoms with Gasteiger partial charge in [-0.3, -0.25) is 19.4 Å². The molecule has 8 heteroatoms. The molecule has 138 valence electrons. The summed E-state index contributed by atoms with van der Waals surface area (Å²) in [4.78, 5) is 30.5. The van der Waals surface area contributed by atoms with Crippen LogP contribution < -0.4 is 5.32 Å². The number of piperazine rings is 1. The first-order valence-corrected chi connectivity index (χ1v) is 8.80. The molecule has 0 aromatic carbocycles. The number of hydrogen-bond acceptors (Lipinski definition) is 6. The predicted octanol–water partition coefficient (Wildman–Crippen LogP) is -0.628. The summed E-state index contributed by atoms with van der Waals surface area (Å²) in [5, 5.41) is 2.85. The number of nitrogens with zero attached hydrogens (tertiary/aromatic N) is 3. The number of ether oxygens (including phenoxy) is 1. The molecule has 0 atom stereocenters. The van der Waals surface area contributed by atoms with Crippen LogP contribution in [0.2, 0.25) is 0 Å². The van der Waals surface area contributed by atoms with E-state index in [1.54, 1.807) is 12.3 Å². The molecule has 2 aliphatic heterocycles. The zero-order valence-corrected chi connectivity index (χ0v) is 14.5. The van der Waals surface area contributed by atoms with Crippen LogP contribution in [0.15, 0.2) is 22.8 Å². The predicted molar refractivity (Wildman–Crippen MR) is 90.8 cm³/mol. The van der Waals surface area contributed by atoms with E-state index in [-0.39, 0.29) is 11.8 Å². The summed E-state index contributed by atoms with van der Waals surface area (Å²) >= 11 is 0. The minimum Gasteiger partial charge on any atom is -0.467 e. The fraction of sp³-hybridized carbons (Fsp3) is 0.647. The van der Waals surface area contributed by atoms with Crippen molar-refractivity contribution in [3.8, 4) is 0 Å². The van der Waals surface area contributed by atoms with Gasteiger partial charge in [0.25, 0.3) is 0 Å². The Balaban J connectivity index is 1.33. The van der Waals surface area contributed by atoms with E-state index in [2.05, 4.69) is 15.1 Å². The summed E-state index contributed by atoms with van der Waals surface area (Å²) in [5.74, 6) is 0.889. The summed E-state index contributed by atoms with van der Waals surface area (Å²) < 4.78 is 10.5. The van der Waals surface area contributed by atoms with Gasteiger partial charge in [0.05, 0.1) is 39.1 Å². The average molecular weight is 350 g/mol. The molecule has 8 nitrogen and oxygen atoms in total. The Labute approximate surface area is 147 Å². The summed E-state index contributed by atoms with van der Waals surface area (Å²) in [5.41, 5.74) is 0. The molecule has 2 aliphatic rings. The highest BCUT2D eigenvalue weighted by molar-refractivity contribution is 5.79. The highest BCUT2D eigenvalue weighted by Crippen LogP contribution is 2.05. The number of carbonyl (C=O) groups excluding carboxylic acids is 2. The van der Waals surface area contributed by atoms with Gasteiger partial charge in [-0.05, 0) is 12.1 Å². The van der Waals surface area contributed by atoms with Gasteiger partial charge in [0.2, 0.25) is 11.8 Å². The maximum absolute atomic E-state index is 12.4. The fourth-order valence-corrected chi connectivity index (χ4v) is 3.06. The van der Waals surface area contributed by atoms with Crippen molar-refractivity contribution >= 4 is 11.8 Å². The molecule has 0 spiro atoms. The van der Waals surface area contributed by atoms with Crippen molar-refractivity contribution in [2.45, 2.75) is 6.54 Å². The van der Waals surface area contributed by atoms with Crippen LogP contribution in [-0.4, -0.2) is 92.1 Å². The van der Waals surface area contributed by atoms with E-state index < -0.39 is 0 Å². The van der Waals surface area contributed by atoms with Crippen molar-refractivity contribution in [2.24, 2.45) is 0 Å². The number of hydrogen-bond donors (Lipinski definition) is 1. The van der Waals surface area contributed by atoms with Crippen LogP contribution in [0.3, 0.4) is 0 Å². The lowest BCUT2D eigenvalue weighted by atomic mass is 10.3. The minimum absolute atomic E-state index is 0.0236. The maximum atomic E-state index is 12.4. The second-order valence-electron chi connectivity index (χ2n) is 6.40. The first-order valence-electron chi connectivity index (χ1n) is 8.80. The quantitative estimate of drug-likeness (QED) is 0.736. The standard InChI is InChI=1S/C17H26N4O4/c22-16(18-12-15-2-1-9-25-15)13-19-3-5-21(6-4-19)17(23)14-20-7-10-24-11-8-20/h1-2,9H,3-8,10-14H2,(H,18,22). The Morgan fingerprint density at radius 1 is 1.00 bits per heavy atom. The Bertz CT molecular complexity index is 549. The third-order valence-corrected chi connectivity index (χ3v) is 4.59. The zero-order valence-electron chi connectivity index (χ0n) is 14.5. The first kappa shape index (κ1) is 17.9. The Morgan fingerprint density at radius 2 is 1.72 bits per heavy atom. The van der Waals surface area contributed by atoms with E-state index in [1.165, 1.54) is 0 Å². The van der Waals surface area contributed by atoms with Gasteiger partial charge in [-0.2, -0.15) is 0 Å². The van der Waals surface area contributed by atoms with Gasteiger partial charge in [0.15, 0.2) is 0 Å². The second-order valence-corrected chi connectivity index (χ2v) is 6.40. The lowest BCUT2D eigenvalue weighted by Crippen LogP contribution is -2.53. The van der Waals surface area contributed by atoms with Crippen LogP contribution >= 0.6 is 0 Å². The summed E-state index contributed by atoms with van der Waals surface area (Å²) in [6, 6.07) is 3.63. The van der Waals surface area contributed by atoms with Gasteiger partial charge in [-0.1, -0.05) is 0 Å². The van der Waals surface area contributed by atoms with Crippen LogP contribution in [0.4, 0.5) is 0 Å². The molecule has 25 heavy (non-hydrogen) atoms. The topological polar surface area (TPSA) is 78.3 Å². The SMILES string of the molecule is O=C(CN1CCN(C(=O)CN2CCOCC2)CC1)NCc1ccco1. The highest BCUT2D eigenvalue weighted by Gasteiger charge is 2.24. The van der Waals surface area contributed by atoms with E-state index in [9.17, 15) is 9.59 Å². The number of furan rings is 1. The second kappa shape index (κ2) is 8.98. The third kappa shape index (κ3) is 5.55. The molecule has 2 saturated heterocycles. The lowest BCUT2D eigenvalue weighted by Gasteiger charge is -2.36. The normalized spacial score (nSPS) is 19.8. The smallest absolute Gasteiger partial charge is 0.236 e. The van der Waals surface area contributed by atoms with Gasteiger partial charge in [-0.25, -0.2) is 0 Å². The lowest BCUT2D eigenvalue weighted by molar-refractivity contribution is -0.135. The molecule has 3 heterocycles. The molecular formula is C17H26N4O4. The molecule has 3 rings (SSSR count). The van der Waals surface area contributed by atoms with E-state index in [0.717, 1.165) is 31.9 Å². The minimum atomic E-state index is -0.0236. The molecule has 0 bridgehead atoms. The Hall–Kier alpha value is -1.90. The van der Waals surface area contributed by atoms with Crippen LogP contribution in [-0.2, 0) is 20.9 Å². The van der Waals surface area contributed by atoms with E-state index in [1.807, 2.05) is 11.0 Å². The van der Waals surface area contributed by atoms with Crippen molar-refractivity contribution in [2.75, 3.05) is 65.6 Å². The molecule has 2 fully saturated rings.